The number of sulfone groups is 1. The molecule has 2 aromatic rings. The van der Waals surface area contributed by atoms with Gasteiger partial charge in [0.1, 0.15) is 27.7 Å². The Morgan fingerprint density at radius 2 is 1.95 bits per heavy atom. The van der Waals surface area contributed by atoms with Gasteiger partial charge in [0.2, 0.25) is 11.8 Å². The lowest BCUT2D eigenvalue weighted by Gasteiger charge is -2.40. The Hall–Kier alpha value is -3.80. The second-order valence-corrected chi connectivity index (χ2v) is 13.9. The van der Waals surface area contributed by atoms with Crippen molar-refractivity contribution in [3.05, 3.63) is 70.1 Å². The number of hydrogen-bond acceptors (Lipinski definition) is 10. The van der Waals surface area contributed by atoms with Crippen LogP contribution in [0.5, 0.6) is 0 Å². The van der Waals surface area contributed by atoms with Gasteiger partial charge in [-0.25, -0.2) is 23.2 Å². The number of hydrogen-bond donors (Lipinski definition) is 2. The molecule has 3 aliphatic rings. The maximum atomic E-state index is 13.0. The molecule has 12 heteroatoms. The van der Waals surface area contributed by atoms with Gasteiger partial charge in [-0.3, -0.25) is 4.90 Å². The standard InChI is InChI=1S/C29H38N6O5S/c1-19-24(17-30-26-25(19)35(13-14-39-26)28(36)40-29(2,3)4)34-12-10-21-16-31-27(33-23(21)18-34)32-22-8-6-20(7-9-22)11-15-41(5,37)38/h6-9,16,30H,10-15,17-18H2,1-5H3,(H,31,32,33). The van der Waals surface area contributed by atoms with Crippen molar-refractivity contribution in [2.24, 2.45) is 0 Å². The van der Waals surface area contributed by atoms with Gasteiger partial charge in [-0.05, 0) is 69.4 Å². The first-order chi connectivity index (χ1) is 19.4. The fourth-order valence-corrected chi connectivity index (χ4v) is 5.72. The Morgan fingerprint density at radius 3 is 2.66 bits per heavy atom. The average molecular weight is 583 g/mol. The highest BCUT2D eigenvalue weighted by Crippen LogP contribution is 2.33. The minimum absolute atomic E-state index is 0.125. The van der Waals surface area contributed by atoms with E-state index in [-0.39, 0.29) is 11.8 Å². The molecular weight excluding hydrogens is 544 g/mol. The van der Waals surface area contributed by atoms with E-state index in [1.807, 2.05) is 58.2 Å². The van der Waals surface area contributed by atoms with Crippen molar-refractivity contribution >= 4 is 27.6 Å². The van der Waals surface area contributed by atoms with Crippen molar-refractivity contribution in [1.29, 1.82) is 0 Å². The third kappa shape index (κ3) is 6.92. The van der Waals surface area contributed by atoms with Crippen LogP contribution in [-0.4, -0.2) is 78.1 Å². The lowest BCUT2D eigenvalue weighted by Crippen LogP contribution is -2.47. The van der Waals surface area contributed by atoms with Crippen LogP contribution in [0.15, 0.2) is 53.3 Å². The molecule has 0 fully saturated rings. The molecule has 0 bridgehead atoms. The molecule has 5 rings (SSSR count). The molecule has 2 N–H and O–H groups in total. The van der Waals surface area contributed by atoms with E-state index in [4.69, 9.17) is 14.5 Å². The largest absolute Gasteiger partial charge is 0.476 e. The molecule has 1 aromatic heterocycles. The van der Waals surface area contributed by atoms with E-state index < -0.39 is 15.4 Å². The van der Waals surface area contributed by atoms with E-state index in [2.05, 4.69) is 20.5 Å². The Bertz CT molecular complexity index is 1490. The monoisotopic (exact) mass is 582 g/mol. The van der Waals surface area contributed by atoms with Gasteiger partial charge in [0.05, 0.1) is 31.1 Å². The Kier molecular flexibility index (Phi) is 7.87. The van der Waals surface area contributed by atoms with Crippen molar-refractivity contribution in [2.75, 3.05) is 43.6 Å². The normalized spacial score (nSPS) is 17.4. The summed E-state index contributed by atoms with van der Waals surface area (Å²) in [6.07, 6.45) is 4.03. The zero-order chi connectivity index (χ0) is 29.4. The number of amides is 1. The van der Waals surface area contributed by atoms with Crippen LogP contribution >= 0.6 is 0 Å². The molecule has 0 unspecified atom stereocenters. The number of carbonyl (C=O) groups is 1. The number of benzene rings is 1. The van der Waals surface area contributed by atoms with Gasteiger partial charge in [-0.1, -0.05) is 12.1 Å². The lowest BCUT2D eigenvalue weighted by molar-refractivity contribution is 0.0190. The highest BCUT2D eigenvalue weighted by Gasteiger charge is 2.36. The quantitative estimate of drug-likeness (QED) is 0.523. The fourth-order valence-electron chi connectivity index (χ4n) is 5.11. The third-order valence-electron chi connectivity index (χ3n) is 7.16. The number of allylic oxidation sites excluding steroid dienone is 1. The molecule has 0 aliphatic carbocycles. The summed E-state index contributed by atoms with van der Waals surface area (Å²) in [4.78, 5) is 26.3. The number of ether oxygens (including phenoxy) is 2. The molecule has 0 saturated heterocycles. The van der Waals surface area contributed by atoms with Crippen molar-refractivity contribution in [3.8, 4) is 0 Å². The van der Waals surface area contributed by atoms with Crippen molar-refractivity contribution < 1.29 is 22.7 Å². The second-order valence-electron chi connectivity index (χ2n) is 11.6. The Labute approximate surface area is 241 Å². The van der Waals surface area contributed by atoms with Crippen LogP contribution in [0.4, 0.5) is 16.4 Å². The van der Waals surface area contributed by atoms with Crippen LogP contribution in [0.3, 0.4) is 0 Å². The summed E-state index contributed by atoms with van der Waals surface area (Å²) >= 11 is 0. The van der Waals surface area contributed by atoms with Gasteiger partial charge < -0.3 is 25.0 Å². The highest BCUT2D eigenvalue weighted by molar-refractivity contribution is 7.90. The van der Waals surface area contributed by atoms with E-state index in [1.54, 1.807) is 4.90 Å². The number of fused-ring (bicyclic) bond motifs is 1. The molecule has 1 aromatic carbocycles. The smallest absolute Gasteiger partial charge is 0.415 e. The molecule has 0 spiro atoms. The number of nitrogens with zero attached hydrogens (tertiary/aromatic N) is 4. The maximum absolute atomic E-state index is 13.0. The summed E-state index contributed by atoms with van der Waals surface area (Å²) in [6, 6.07) is 7.64. The topological polar surface area (TPSA) is 126 Å². The van der Waals surface area contributed by atoms with Crippen LogP contribution in [0.25, 0.3) is 0 Å². The summed E-state index contributed by atoms with van der Waals surface area (Å²) in [5.41, 5.74) is 6.05. The zero-order valence-electron chi connectivity index (χ0n) is 24.3. The predicted octanol–water partition coefficient (Wildman–Crippen LogP) is 3.48. The summed E-state index contributed by atoms with van der Waals surface area (Å²) in [5.74, 6) is 1.24. The first-order valence-electron chi connectivity index (χ1n) is 13.8. The summed E-state index contributed by atoms with van der Waals surface area (Å²) in [6.45, 7) is 10.4. The number of carbonyl (C=O) groups excluding carboxylic acids is 1. The van der Waals surface area contributed by atoms with Crippen molar-refractivity contribution in [2.45, 2.75) is 52.7 Å². The van der Waals surface area contributed by atoms with E-state index >= 15 is 0 Å². The van der Waals surface area contributed by atoms with E-state index in [0.717, 1.165) is 52.4 Å². The van der Waals surface area contributed by atoms with Crippen LogP contribution in [0.1, 0.15) is 44.5 Å². The number of aryl methyl sites for hydroxylation is 1. The number of anilines is 2. The van der Waals surface area contributed by atoms with Gasteiger partial charge in [-0.2, -0.15) is 0 Å². The van der Waals surface area contributed by atoms with Crippen LogP contribution < -0.4 is 10.6 Å². The summed E-state index contributed by atoms with van der Waals surface area (Å²) in [5, 5.41) is 6.63. The van der Waals surface area contributed by atoms with Gasteiger partial charge >= 0.3 is 6.09 Å². The number of dihydropyridines is 1. The van der Waals surface area contributed by atoms with Crippen LogP contribution in [-0.2, 0) is 38.7 Å². The average Bonchev–Trinajstić information content (AvgIpc) is 2.91. The number of nitrogens with one attached hydrogen (secondary N) is 2. The number of aromatic nitrogens is 2. The molecule has 41 heavy (non-hydrogen) atoms. The maximum Gasteiger partial charge on any atom is 0.415 e. The van der Waals surface area contributed by atoms with Crippen LogP contribution in [0, 0.1) is 0 Å². The molecule has 11 nitrogen and oxygen atoms in total. The third-order valence-corrected chi connectivity index (χ3v) is 8.11. The highest BCUT2D eigenvalue weighted by atomic mass is 32.2. The summed E-state index contributed by atoms with van der Waals surface area (Å²) < 4.78 is 34.5. The Morgan fingerprint density at radius 1 is 1.20 bits per heavy atom. The zero-order valence-corrected chi connectivity index (χ0v) is 25.1. The molecule has 0 radical (unpaired) electrons. The second kappa shape index (κ2) is 11.2. The van der Waals surface area contributed by atoms with E-state index in [1.165, 1.54) is 6.26 Å². The molecular formula is C29H38N6O5S. The fraction of sp³-hybridized carbons (Fsp3) is 0.483. The lowest BCUT2D eigenvalue weighted by atomic mass is 10.0. The van der Waals surface area contributed by atoms with Gasteiger partial charge in [0.25, 0.3) is 0 Å². The Balaban J connectivity index is 1.31. The molecule has 0 atom stereocenters. The first kappa shape index (κ1) is 28.7. The minimum atomic E-state index is -3.00. The van der Waals surface area contributed by atoms with E-state index in [0.29, 0.717) is 44.5 Å². The molecule has 4 heterocycles. The minimum Gasteiger partial charge on any atom is -0.476 e. The predicted molar refractivity (Wildman–Crippen MR) is 156 cm³/mol. The molecule has 3 aliphatic heterocycles. The summed E-state index contributed by atoms with van der Waals surface area (Å²) in [7, 11) is -3.00. The molecule has 220 valence electrons. The van der Waals surface area contributed by atoms with Gasteiger partial charge in [0.15, 0.2) is 0 Å². The van der Waals surface area contributed by atoms with Crippen LogP contribution in [0.2, 0.25) is 0 Å². The van der Waals surface area contributed by atoms with Gasteiger partial charge in [0, 0.05) is 30.4 Å². The van der Waals surface area contributed by atoms with Gasteiger partial charge in [-0.15, -0.1) is 0 Å². The van der Waals surface area contributed by atoms with Crippen molar-refractivity contribution in [1.82, 2.24) is 25.1 Å². The van der Waals surface area contributed by atoms with E-state index in [9.17, 15) is 13.2 Å². The molecule has 0 saturated carbocycles. The number of rotatable bonds is 6. The molecule has 1 amide bonds. The first-order valence-corrected chi connectivity index (χ1v) is 15.9. The van der Waals surface area contributed by atoms with Crippen molar-refractivity contribution in [3.63, 3.8) is 0 Å². The SMILES string of the molecule is CC1=C(N2CCc3cnc(Nc4ccc(CCS(C)(=O)=O)cc4)nc3C2)CNC2=C1N(C(=O)OC(C)(C)C)CCO2.